The summed E-state index contributed by atoms with van der Waals surface area (Å²) >= 11 is 0. The maximum atomic E-state index is 14.1. The Balaban J connectivity index is 1.48. The van der Waals surface area contributed by atoms with E-state index in [0.717, 1.165) is 34.3 Å². The SMILES string of the molecule is CCCC/N=C1\C(N2CCN(C3/C(=N\CCCC)N(S(=O)(=O)c4ccccc4)C(=O)C3(C)C)CC2)C(C)(C)C(=O)N1S(=O)(=O)c1ccccc1. The van der Waals surface area contributed by atoms with Gasteiger partial charge in [0.25, 0.3) is 20.0 Å². The van der Waals surface area contributed by atoms with E-state index in [1.165, 1.54) is 24.3 Å². The number of carbonyl (C=O) groups excluding carboxylic acids is 2. The van der Waals surface area contributed by atoms with E-state index >= 15 is 0 Å². The summed E-state index contributed by atoms with van der Waals surface area (Å²) in [5, 5.41) is 0. The van der Waals surface area contributed by atoms with Crippen molar-refractivity contribution in [3.05, 3.63) is 60.7 Å². The highest BCUT2D eigenvalue weighted by Crippen LogP contribution is 2.43. The number of rotatable bonds is 12. The molecule has 2 aromatic rings. The number of hydrogen-bond donors (Lipinski definition) is 0. The quantitative estimate of drug-likeness (QED) is 0.296. The molecule has 14 heteroatoms. The van der Waals surface area contributed by atoms with Gasteiger partial charge in [0.2, 0.25) is 11.8 Å². The van der Waals surface area contributed by atoms with Gasteiger partial charge < -0.3 is 0 Å². The standard InChI is InChI=1S/C36H50N6O6S2/c1-7-9-21-37-31-29(35(3,4)33(43)41(31)49(45,46)27-17-13-11-14-18-27)39-23-25-40(26-24-39)30-32(38-22-10-8-2)42(34(44)36(30,5)6)50(47,48)28-19-15-12-16-20-28/h11-20,29-30H,7-10,21-26H2,1-6H3/b37-31+,38-32+. The van der Waals surface area contributed by atoms with Crippen LogP contribution in [0, 0.1) is 10.8 Å². The topological polar surface area (TPSA) is 140 Å². The number of aliphatic imine (C=N–C) groups is 2. The molecule has 3 aliphatic heterocycles. The van der Waals surface area contributed by atoms with E-state index < -0.39 is 54.8 Å². The number of carbonyl (C=O) groups is 2. The Hall–Kier alpha value is -3.46. The van der Waals surface area contributed by atoms with Gasteiger partial charge in [-0.1, -0.05) is 63.1 Å². The maximum absolute atomic E-state index is 14.1. The van der Waals surface area contributed by atoms with Crippen LogP contribution in [0.2, 0.25) is 0 Å². The maximum Gasteiger partial charge on any atom is 0.271 e. The van der Waals surface area contributed by atoms with E-state index in [1.807, 2.05) is 13.8 Å². The smallest absolute Gasteiger partial charge is 0.271 e. The second-order valence-electron chi connectivity index (χ2n) is 14.3. The van der Waals surface area contributed by atoms with Crippen LogP contribution in [0.3, 0.4) is 0 Å². The first-order valence-corrected chi connectivity index (χ1v) is 20.4. The van der Waals surface area contributed by atoms with Crippen LogP contribution in [0.1, 0.15) is 67.2 Å². The summed E-state index contributed by atoms with van der Waals surface area (Å²) < 4.78 is 57.8. The van der Waals surface area contributed by atoms with Gasteiger partial charge in [-0.3, -0.25) is 29.4 Å². The number of piperazine rings is 1. The van der Waals surface area contributed by atoms with Crippen LogP contribution in [0.15, 0.2) is 80.4 Å². The summed E-state index contributed by atoms with van der Waals surface area (Å²) in [4.78, 5) is 42.0. The minimum Gasteiger partial charge on any atom is -0.290 e. The van der Waals surface area contributed by atoms with Gasteiger partial charge in [0.15, 0.2) is 0 Å². The molecule has 0 radical (unpaired) electrons. The van der Waals surface area contributed by atoms with Crippen LogP contribution in [-0.2, 0) is 29.6 Å². The van der Waals surface area contributed by atoms with Gasteiger partial charge in [0.05, 0.1) is 32.7 Å². The Labute approximate surface area is 297 Å². The average molecular weight is 727 g/mol. The van der Waals surface area contributed by atoms with Crippen molar-refractivity contribution < 1.29 is 26.4 Å². The summed E-state index contributed by atoms with van der Waals surface area (Å²) in [6, 6.07) is 14.7. The van der Waals surface area contributed by atoms with E-state index in [0.29, 0.717) is 39.3 Å². The van der Waals surface area contributed by atoms with Crippen molar-refractivity contribution in [3.8, 4) is 0 Å². The molecule has 5 rings (SSSR count). The second-order valence-corrected chi connectivity index (χ2v) is 17.9. The van der Waals surface area contributed by atoms with Crippen LogP contribution in [0.4, 0.5) is 0 Å². The van der Waals surface area contributed by atoms with Gasteiger partial charge in [0, 0.05) is 39.3 Å². The lowest BCUT2D eigenvalue weighted by Gasteiger charge is -2.44. The molecule has 0 aliphatic carbocycles. The Morgan fingerprint density at radius 1 is 0.600 bits per heavy atom. The average Bonchev–Trinajstić information content (AvgIpc) is 3.43. The Kier molecular flexibility index (Phi) is 11.1. The van der Waals surface area contributed by atoms with Crippen LogP contribution in [0.25, 0.3) is 0 Å². The molecule has 3 heterocycles. The van der Waals surface area contributed by atoms with Gasteiger partial charge in [-0.2, -0.15) is 8.61 Å². The Morgan fingerprint density at radius 3 is 1.22 bits per heavy atom. The molecule has 12 nitrogen and oxygen atoms in total. The molecule has 0 spiro atoms. The molecular weight excluding hydrogens is 677 g/mol. The third kappa shape index (κ3) is 6.67. The summed E-state index contributed by atoms with van der Waals surface area (Å²) in [5.74, 6) is -0.606. The monoisotopic (exact) mass is 726 g/mol. The third-order valence-electron chi connectivity index (χ3n) is 9.96. The van der Waals surface area contributed by atoms with E-state index in [-0.39, 0.29) is 21.5 Å². The molecular formula is C36H50N6O6S2. The minimum atomic E-state index is -4.22. The van der Waals surface area contributed by atoms with E-state index in [4.69, 9.17) is 9.98 Å². The molecule has 272 valence electrons. The van der Waals surface area contributed by atoms with Crippen molar-refractivity contribution in [1.29, 1.82) is 0 Å². The predicted octanol–water partition coefficient (Wildman–Crippen LogP) is 4.25. The number of nitrogens with zero attached hydrogens (tertiary/aromatic N) is 6. The van der Waals surface area contributed by atoms with Crippen molar-refractivity contribution in [2.75, 3.05) is 39.3 Å². The molecule has 50 heavy (non-hydrogen) atoms. The zero-order valence-electron chi connectivity index (χ0n) is 29.9. The van der Waals surface area contributed by atoms with Gasteiger partial charge in [-0.05, 0) is 64.8 Å². The molecule has 3 aliphatic rings. The molecule has 2 atom stereocenters. The van der Waals surface area contributed by atoms with Gasteiger partial charge in [-0.15, -0.1) is 0 Å². The summed E-state index contributed by atoms with van der Waals surface area (Å²) in [5.41, 5.74) is -2.21. The highest BCUT2D eigenvalue weighted by Gasteiger charge is 2.61. The van der Waals surface area contributed by atoms with Crippen molar-refractivity contribution in [3.63, 3.8) is 0 Å². The first-order valence-electron chi connectivity index (χ1n) is 17.5. The minimum absolute atomic E-state index is 0.0239. The predicted molar refractivity (Wildman–Crippen MR) is 194 cm³/mol. The highest BCUT2D eigenvalue weighted by atomic mass is 32.2. The lowest BCUT2D eigenvalue weighted by Crippen LogP contribution is -2.60. The number of hydrogen-bond acceptors (Lipinski definition) is 10. The van der Waals surface area contributed by atoms with E-state index in [2.05, 4.69) is 9.80 Å². The van der Waals surface area contributed by atoms with Crippen molar-refractivity contribution in [1.82, 2.24) is 18.4 Å². The number of unbranched alkanes of at least 4 members (excludes halogenated alkanes) is 2. The summed E-state index contributed by atoms with van der Waals surface area (Å²) in [6.07, 6.45) is 3.20. The number of amidine groups is 2. The normalized spacial score (nSPS) is 24.9. The lowest BCUT2D eigenvalue weighted by atomic mass is 9.83. The second kappa shape index (κ2) is 14.6. The molecule has 2 amide bonds. The number of benzene rings is 2. The zero-order valence-corrected chi connectivity index (χ0v) is 31.6. The Morgan fingerprint density at radius 2 is 0.920 bits per heavy atom. The molecule has 3 fully saturated rings. The fraction of sp³-hybridized carbons (Fsp3) is 0.556. The van der Waals surface area contributed by atoms with E-state index in [1.54, 1.807) is 64.1 Å². The fourth-order valence-corrected chi connectivity index (χ4v) is 10.3. The Bertz CT molecular complexity index is 1700. The van der Waals surface area contributed by atoms with Crippen LogP contribution in [-0.4, -0.2) is 110 Å². The van der Waals surface area contributed by atoms with Crippen molar-refractivity contribution in [2.45, 2.75) is 89.1 Å². The number of amides is 2. The molecule has 2 aromatic carbocycles. The zero-order chi connectivity index (χ0) is 36.5. The first-order chi connectivity index (χ1) is 23.6. The number of sulfonamides is 2. The lowest BCUT2D eigenvalue weighted by molar-refractivity contribution is -0.133. The molecule has 2 unspecified atom stereocenters. The van der Waals surface area contributed by atoms with Crippen LogP contribution >= 0.6 is 0 Å². The van der Waals surface area contributed by atoms with Crippen LogP contribution in [0.5, 0.6) is 0 Å². The largest absolute Gasteiger partial charge is 0.290 e. The molecule has 0 N–H and O–H groups in total. The molecule has 0 bridgehead atoms. The van der Waals surface area contributed by atoms with Crippen LogP contribution < -0.4 is 0 Å². The third-order valence-corrected chi connectivity index (χ3v) is 13.4. The molecule has 0 aromatic heterocycles. The first kappa shape index (κ1) is 37.8. The highest BCUT2D eigenvalue weighted by molar-refractivity contribution is 7.90. The van der Waals surface area contributed by atoms with Gasteiger partial charge in [0.1, 0.15) is 11.7 Å². The fourth-order valence-electron chi connectivity index (χ4n) is 7.19. The van der Waals surface area contributed by atoms with Gasteiger partial charge >= 0.3 is 0 Å². The summed E-state index contributed by atoms with van der Waals surface area (Å²) in [6.45, 7) is 13.6. The molecule has 3 saturated heterocycles. The van der Waals surface area contributed by atoms with Crippen molar-refractivity contribution >= 4 is 43.5 Å². The van der Waals surface area contributed by atoms with Gasteiger partial charge in [-0.25, -0.2) is 16.8 Å². The van der Waals surface area contributed by atoms with E-state index in [9.17, 15) is 26.4 Å². The molecule has 0 saturated carbocycles. The van der Waals surface area contributed by atoms with Crippen molar-refractivity contribution in [2.24, 2.45) is 20.8 Å². The summed E-state index contributed by atoms with van der Waals surface area (Å²) in [7, 11) is -8.45.